The Bertz CT molecular complexity index is 867. The molecule has 0 unspecified atom stereocenters. The molecule has 3 rings (SSSR count). The van der Waals surface area contributed by atoms with Gasteiger partial charge in [0.1, 0.15) is 0 Å². The van der Waals surface area contributed by atoms with Crippen molar-refractivity contribution in [2.45, 2.75) is 51.9 Å². The van der Waals surface area contributed by atoms with E-state index >= 15 is 0 Å². The zero-order chi connectivity index (χ0) is 23.5. The molecule has 1 aliphatic rings. The summed E-state index contributed by atoms with van der Waals surface area (Å²) in [6, 6.07) is 17.2. The summed E-state index contributed by atoms with van der Waals surface area (Å²) in [6.07, 6.45) is 5.38. The van der Waals surface area contributed by atoms with Gasteiger partial charge >= 0.3 is 12.1 Å². The second kappa shape index (κ2) is 12.9. The molecule has 0 bridgehead atoms. The third-order valence-corrected chi connectivity index (χ3v) is 5.97. The van der Waals surface area contributed by atoms with E-state index in [1.807, 2.05) is 0 Å². The first-order valence-corrected chi connectivity index (χ1v) is 12.1. The lowest BCUT2D eigenvalue weighted by molar-refractivity contribution is -0.143. The van der Waals surface area contributed by atoms with E-state index in [0.29, 0.717) is 26.2 Å². The fourth-order valence-electron chi connectivity index (χ4n) is 4.22. The number of carbonyl (C=O) groups excluding carboxylic acids is 2. The van der Waals surface area contributed by atoms with E-state index in [-0.39, 0.29) is 12.1 Å². The number of hydrogen-bond acceptors (Lipinski definition) is 5. The van der Waals surface area contributed by atoms with Crippen LogP contribution in [0.4, 0.5) is 16.2 Å². The normalized spacial score (nSPS) is 12.4. The highest BCUT2D eigenvalue weighted by Gasteiger charge is 2.20. The van der Waals surface area contributed by atoms with E-state index in [2.05, 4.69) is 53.4 Å². The Kier molecular flexibility index (Phi) is 9.60. The molecule has 0 aliphatic carbocycles. The van der Waals surface area contributed by atoms with Crippen molar-refractivity contribution >= 4 is 23.4 Å². The van der Waals surface area contributed by atoms with E-state index in [1.54, 1.807) is 18.9 Å². The average Bonchev–Trinajstić information content (AvgIpc) is 2.98. The number of ether oxygens (including phenoxy) is 2. The predicted octanol–water partition coefficient (Wildman–Crippen LogP) is 5.51. The third kappa shape index (κ3) is 7.24. The van der Waals surface area contributed by atoms with Gasteiger partial charge in [0.25, 0.3) is 0 Å². The predicted molar refractivity (Wildman–Crippen MR) is 131 cm³/mol. The summed E-state index contributed by atoms with van der Waals surface area (Å²) in [6.45, 7) is 4.06. The summed E-state index contributed by atoms with van der Waals surface area (Å²) in [5, 5.41) is 0. The van der Waals surface area contributed by atoms with Crippen molar-refractivity contribution in [1.29, 1.82) is 0 Å². The lowest BCUT2D eigenvalue weighted by Crippen LogP contribution is -2.31. The Morgan fingerprint density at radius 1 is 0.879 bits per heavy atom. The Morgan fingerprint density at radius 3 is 2.15 bits per heavy atom. The molecule has 1 aliphatic heterocycles. The number of para-hydroxylation sites is 2. The van der Waals surface area contributed by atoms with Crippen LogP contribution in [0.1, 0.15) is 50.2 Å². The van der Waals surface area contributed by atoms with Crippen LogP contribution in [-0.2, 0) is 27.1 Å². The summed E-state index contributed by atoms with van der Waals surface area (Å²) in [5.41, 5.74) is 5.25. The molecule has 0 fully saturated rings. The molecule has 1 amide bonds. The number of nitrogens with zero attached hydrogens (tertiary/aromatic N) is 2. The second-order valence-corrected chi connectivity index (χ2v) is 8.41. The maximum atomic E-state index is 12.3. The first kappa shape index (κ1) is 24.6. The number of anilines is 2. The number of esters is 1. The lowest BCUT2D eigenvalue weighted by Gasteiger charge is -2.28. The van der Waals surface area contributed by atoms with E-state index in [1.165, 1.54) is 22.5 Å². The Labute approximate surface area is 197 Å². The molecule has 6 nitrogen and oxygen atoms in total. The lowest BCUT2D eigenvalue weighted by atomic mass is 10.0. The Morgan fingerprint density at radius 2 is 1.52 bits per heavy atom. The van der Waals surface area contributed by atoms with E-state index < -0.39 is 0 Å². The van der Waals surface area contributed by atoms with Crippen molar-refractivity contribution in [3.63, 3.8) is 0 Å². The van der Waals surface area contributed by atoms with Gasteiger partial charge < -0.3 is 19.3 Å². The standard InChI is InChI=1S/C27H36N2O4/c1-3-32-26(30)16-5-4-10-21-33-27(31)28(2)19-11-20-29-24-14-8-6-12-22(24)17-18-23-13-7-9-15-25(23)29/h6-9,12-15H,3-5,10-11,16-21H2,1-2H3. The van der Waals surface area contributed by atoms with Gasteiger partial charge in [0.05, 0.1) is 13.2 Å². The maximum Gasteiger partial charge on any atom is 0.409 e. The van der Waals surface area contributed by atoms with Crippen molar-refractivity contribution in [1.82, 2.24) is 4.90 Å². The first-order chi connectivity index (χ1) is 16.1. The molecule has 33 heavy (non-hydrogen) atoms. The fraction of sp³-hybridized carbons (Fsp3) is 0.481. The van der Waals surface area contributed by atoms with Crippen LogP contribution in [0.15, 0.2) is 48.5 Å². The van der Waals surface area contributed by atoms with Crippen LogP contribution in [0.5, 0.6) is 0 Å². The van der Waals surface area contributed by atoms with Gasteiger partial charge in [-0.25, -0.2) is 4.79 Å². The summed E-state index contributed by atoms with van der Waals surface area (Å²) < 4.78 is 10.3. The highest BCUT2D eigenvalue weighted by molar-refractivity contribution is 5.71. The van der Waals surface area contributed by atoms with Gasteiger partial charge in [0.15, 0.2) is 0 Å². The maximum absolute atomic E-state index is 12.3. The van der Waals surface area contributed by atoms with Crippen molar-refractivity contribution in [2.24, 2.45) is 0 Å². The van der Waals surface area contributed by atoms with Crippen LogP contribution >= 0.6 is 0 Å². The van der Waals surface area contributed by atoms with Crippen molar-refractivity contribution in [3.05, 3.63) is 59.7 Å². The number of unbranched alkanes of at least 4 members (excludes halogenated alkanes) is 2. The molecule has 0 radical (unpaired) electrons. The molecule has 0 aromatic heterocycles. The van der Waals surface area contributed by atoms with Gasteiger partial charge in [-0.05, 0) is 68.7 Å². The zero-order valence-electron chi connectivity index (χ0n) is 19.9. The van der Waals surface area contributed by atoms with Crippen LogP contribution in [0.3, 0.4) is 0 Å². The third-order valence-electron chi connectivity index (χ3n) is 5.97. The fourth-order valence-corrected chi connectivity index (χ4v) is 4.22. The summed E-state index contributed by atoms with van der Waals surface area (Å²) >= 11 is 0. The van der Waals surface area contributed by atoms with Crippen molar-refractivity contribution in [2.75, 3.05) is 38.3 Å². The summed E-state index contributed by atoms with van der Waals surface area (Å²) in [7, 11) is 1.79. The van der Waals surface area contributed by atoms with Gasteiger partial charge in [-0.15, -0.1) is 0 Å². The summed E-state index contributed by atoms with van der Waals surface area (Å²) in [5.74, 6) is -0.163. The minimum Gasteiger partial charge on any atom is -0.466 e. The van der Waals surface area contributed by atoms with Crippen molar-refractivity contribution < 1.29 is 19.1 Å². The molecule has 6 heteroatoms. The number of hydrogen-bond donors (Lipinski definition) is 0. The van der Waals surface area contributed by atoms with E-state index in [9.17, 15) is 9.59 Å². The molecular formula is C27H36N2O4. The van der Waals surface area contributed by atoms with E-state index in [0.717, 1.165) is 45.1 Å². The van der Waals surface area contributed by atoms with Crippen LogP contribution < -0.4 is 4.90 Å². The molecule has 0 N–H and O–H groups in total. The molecule has 178 valence electrons. The SMILES string of the molecule is CCOC(=O)CCCCCOC(=O)N(C)CCCN1c2ccccc2CCc2ccccc21. The van der Waals surface area contributed by atoms with Crippen LogP contribution in [0.25, 0.3) is 0 Å². The van der Waals surface area contributed by atoms with Crippen LogP contribution in [0.2, 0.25) is 0 Å². The van der Waals surface area contributed by atoms with Crippen molar-refractivity contribution in [3.8, 4) is 0 Å². The molecule has 0 saturated heterocycles. The minimum absolute atomic E-state index is 0.163. The highest BCUT2D eigenvalue weighted by atomic mass is 16.6. The van der Waals surface area contributed by atoms with Gasteiger partial charge in [-0.3, -0.25) is 4.79 Å². The Hall–Kier alpha value is -3.02. The monoisotopic (exact) mass is 452 g/mol. The number of fused-ring (bicyclic) bond motifs is 2. The molecule has 2 aromatic carbocycles. The van der Waals surface area contributed by atoms with Gasteiger partial charge in [0, 0.05) is 37.9 Å². The number of rotatable bonds is 11. The first-order valence-electron chi connectivity index (χ1n) is 12.1. The number of amides is 1. The quantitative estimate of drug-likeness (QED) is 0.333. The van der Waals surface area contributed by atoms with Crippen LogP contribution in [0, 0.1) is 0 Å². The number of benzene rings is 2. The average molecular weight is 453 g/mol. The topological polar surface area (TPSA) is 59.1 Å². The number of aryl methyl sites for hydroxylation is 2. The Balaban J connectivity index is 1.43. The van der Waals surface area contributed by atoms with Gasteiger partial charge in [0.2, 0.25) is 0 Å². The molecule has 0 saturated carbocycles. The molecule has 1 heterocycles. The van der Waals surface area contributed by atoms with E-state index in [4.69, 9.17) is 9.47 Å². The zero-order valence-corrected chi connectivity index (χ0v) is 19.9. The number of carbonyl (C=O) groups is 2. The molecule has 0 atom stereocenters. The summed E-state index contributed by atoms with van der Waals surface area (Å²) in [4.78, 5) is 27.7. The van der Waals surface area contributed by atoms with Gasteiger partial charge in [-0.1, -0.05) is 36.4 Å². The van der Waals surface area contributed by atoms with Gasteiger partial charge in [-0.2, -0.15) is 0 Å². The molecule has 2 aromatic rings. The largest absolute Gasteiger partial charge is 0.466 e. The molecule has 0 spiro atoms. The smallest absolute Gasteiger partial charge is 0.409 e. The molecular weight excluding hydrogens is 416 g/mol. The minimum atomic E-state index is -0.294. The highest BCUT2D eigenvalue weighted by Crippen LogP contribution is 2.35. The second-order valence-electron chi connectivity index (χ2n) is 8.41. The van der Waals surface area contributed by atoms with Crippen LogP contribution in [-0.4, -0.2) is 50.3 Å².